The van der Waals surface area contributed by atoms with Crippen LogP contribution in [0.3, 0.4) is 0 Å². The summed E-state index contributed by atoms with van der Waals surface area (Å²) >= 11 is 0. The number of hydrogen-bond acceptors (Lipinski definition) is 3. The SMILES string of the molecule is NC1(c2cccc([N+](=O)[O-])c2F)CC(F)(F)C1. The highest BCUT2D eigenvalue weighted by atomic mass is 19.3. The van der Waals surface area contributed by atoms with Crippen LogP contribution in [-0.2, 0) is 5.54 Å². The zero-order chi connectivity index (χ0) is 12.8. The molecular weight excluding hydrogens is 237 g/mol. The third kappa shape index (κ3) is 1.86. The van der Waals surface area contributed by atoms with Crippen LogP contribution in [0, 0.1) is 15.9 Å². The van der Waals surface area contributed by atoms with Gasteiger partial charge in [0.2, 0.25) is 5.82 Å². The number of benzene rings is 1. The molecule has 0 amide bonds. The number of alkyl halides is 2. The van der Waals surface area contributed by atoms with Crippen molar-refractivity contribution in [3.63, 3.8) is 0 Å². The van der Waals surface area contributed by atoms with E-state index in [1.165, 1.54) is 12.1 Å². The molecule has 7 heteroatoms. The lowest BCUT2D eigenvalue weighted by atomic mass is 9.69. The summed E-state index contributed by atoms with van der Waals surface area (Å²) in [6, 6.07) is 3.41. The Bertz CT molecular complexity index is 482. The van der Waals surface area contributed by atoms with Gasteiger partial charge in [-0.25, -0.2) is 8.78 Å². The predicted octanol–water partition coefficient (Wildman–Crippen LogP) is 2.32. The molecule has 0 radical (unpaired) electrons. The Balaban J connectivity index is 2.41. The van der Waals surface area contributed by atoms with Crippen LogP contribution in [0.1, 0.15) is 18.4 Å². The van der Waals surface area contributed by atoms with E-state index in [9.17, 15) is 23.3 Å². The van der Waals surface area contributed by atoms with Crippen molar-refractivity contribution >= 4 is 5.69 Å². The second-order valence-electron chi connectivity index (χ2n) is 4.26. The van der Waals surface area contributed by atoms with Crippen molar-refractivity contribution in [2.75, 3.05) is 0 Å². The normalized spacial score (nSPS) is 20.7. The highest BCUT2D eigenvalue weighted by Crippen LogP contribution is 2.50. The standard InChI is InChI=1S/C10H9F3N2O2/c11-8-6(2-1-3-7(8)15(16)17)9(14)4-10(12,13)5-9/h1-3H,4-5,14H2. The molecule has 1 fully saturated rings. The number of nitrogens with two attached hydrogens (primary N) is 1. The van der Waals surface area contributed by atoms with Crippen LogP contribution in [0.4, 0.5) is 18.9 Å². The average Bonchev–Trinajstić information content (AvgIpc) is 2.13. The topological polar surface area (TPSA) is 69.2 Å². The first-order chi connectivity index (χ1) is 7.75. The summed E-state index contributed by atoms with van der Waals surface area (Å²) in [7, 11) is 0. The van der Waals surface area contributed by atoms with Gasteiger partial charge in [-0.1, -0.05) is 12.1 Å². The Hall–Kier alpha value is -1.63. The zero-order valence-corrected chi connectivity index (χ0v) is 8.62. The van der Waals surface area contributed by atoms with E-state index in [2.05, 4.69) is 0 Å². The molecule has 17 heavy (non-hydrogen) atoms. The minimum absolute atomic E-state index is 0.224. The van der Waals surface area contributed by atoms with Crippen LogP contribution in [0.2, 0.25) is 0 Å². The number of nitro groups is 1. The maximum atomic E-state index is 13.7. The van der Waals surface area contributed by atoms with Crippen molar-refractivity contribution in [1.29, 1.82) is 0 Å². The fourth-order valence-corrected chi connectivity index (χ4v) is 2.11. The van der Waals surface area contributed by atoms with Gasteiger partial charge in [-0.05, 0) is 0 Å². The van der Waals surface area contributed by atoms with Gasteiger partial charge in [0.05, 0.1) is 10.5 Å². The first-order valence-electron chi connectivity index (χ1n) is 4.85. The molecule has 1 aliphatic rings. The lowest BCUT2D eigenvalue weighted by Crippen LogP contribution is -2.55. The first kappa shape index (κ1) is 11.8. The van der Waals surface area contributed by atoms with Gasteiger partial charge in [0.25, 0.3) is 5.92 Å². The highest BCUT2D eigenvalue weighted by molar-refractivity contribution is 5.41. The van der Waals surface area contributed by atoms with E-state index in [0.29, 0.717) is 0 Å². The van der Waals surface area contributed by atoms with Gasteiger partial charge in [0.15, 0.2) is 0 Å². The number of nitro benzene ring substituents is 1. The van der Waals surface area contributed by atoms with Gasteiger partial charge < -0.3 is 5.73 Å². The lowest BCUT2D eigenvalue weighted by Gasteiger charge is -2.44. The summed E-state index contributed by atoms with van der Waals surface area (Å²) in [5, 5.41) is 10.5. The first-order valence-corrected chi connectivity index (χ1v) is 4.85. The summed E-state index contributed by atoms with van der Waals surface area (Å²) in [5.74, 6) is -4.05. The minimum Gasteiger partial charge on any atom is -0.321 e. The molecule has 92 valence electrons. The second kappa shape index (κ2) is 3.43. The van der Waals surface area contributed by atoms with Crippen LogP contribution in [-0.4, -0.2) is 10.8 Å². The van der Waals surface area contributed by atoms with E-state index in [0.717, 1.165) is 6.07 Å². The molecule has 2 N–H and O–H groups in total. The molecular formula is C10H9F3N2O2. The van der Waals surface area contributed by atoms with Crippen LogP contribution < -0.4 is 5.73 Å². The van der Waals surface area contributed by atoms with Crippen molar-refractivity contribution in [2.24, 2.45) is 5.73 Å². The van der Waals surface area contributed by atoms with Crippen LogP contribution in [0.15, 0.2) is 18.2 Å². The molecule has 1 saturated carbocycles. The van der Waals surface area contributed by atoms with Crippen molar-refractivity contribution in [3.8, 4) is 0 Å². The zero-order valence-electron chi connectivity index (χ0n) is 8.62. The van der Waals surface area contributed by atoms with Gasteiger partial charge in [0.1, 0.15) is 0 Å². The third-order valence-electron chi connectivity index (χ3n) is 2.86. The minimum atomic E-state index is -2.92. The molecule has 0 atom stereocenters. The van der Waals surface area contributed by atoms with Gasteiger partial charge in [-0.15, -0.1) is 0 Å². The summed E-state index contributed by atoms with van der Waals surface area (Å²) in [6.45, 7) is 0. The molecule has 1 aliphatic carbocycles. The molecule has 4 nitrogen and oxygen atoms in total. The maximum Gasteiger partial charge on any atom is 0.305 e. The number of rotatable bonds is 2. The summed E-state index contributed by atoms with van der Waals surface area (Å²) in [6.07, 6.45) is -1.39. The van der Waals surface area contributed by atoms with E-state index >= 15 is 0 Å². The van der Waals surface area contributed by atoms with E-state index < -0.39 is 40.7 Å². The van der Waals surface area contributed by atoms with E-state index in [1.807, 2.05) is 0 Å². The molecule has 1 aromatic carbocycles. The molecule has 0 bridgehead atoms. The molecule has 0 saturated heterocycles. The van der Waals surface area contributed by atoms with Crippen molar-refractivity contribution < 1.29 is 18.1 Å². The van der Waals surface area contributed by atoms with E-state index in [-0.39, 0.29) is 5.56 Å². The molecule has 0 unspecified atom stereocenters. The number of halogens is 3. The van der Waals surface area contributed by atoms with Crippen LogP contribution in [0.5, 0.6) is 0 Å². The molecule has 0 aromatic heterocycles. The third-order valence-corrected chi connectivity index (χ3v) is 2.86. The number of hydrogen-bond donors (Lipinski definition) is 1. The number of nitrogens with zero attached hydrogens (tertiary/aromatic N) is 1. The Morgan fingerprint density at radius 1 is 1.35 bits per heavy atom. The smallest absolute Gasteiger partial charge is 0.305 e. The van der Waals surface area contributed by atoms with Crippen molar-refractivity contribution in [3.05, 3.63) is 39.7 Å². The quantitative estimate of drug-likeness (QED) is 0.643. The monoisotopic (exact) mass is 246 g/mol. The van der Waals surface area contributed by atoms with Crippen LogP contribution in [0.25, 0.3) is 0 Å². The van der Waals surface area contributed by atoms with Crippen molar-refractivity contribution in [2.45, 2.75) is 24.3 Å². The van der Waals surface area contributed by atoms with E-state index in [4.69, 9.17) is 5.73 Å². The molecule has 0 heterocycles. The summed E-state index contributed by atoms with van der Waals surface area (Å²) in [5.41, 5.74) is 3.14. The largest absolute Gasteiger partial charge is 0.321 e. The van der Waals surface area contributed by atoms with Gasteiger partial charge in [0, 0.05) is 24.5 Å². The molecule has 0 spiro atoms. The van der Waals surface area contributed by atoms with Gasteiger partial charge in [-0.2, -0.15) is 4.39 Å². The maximum absolute atomic E-state index is 13.7. The van der Waals surface area contributed by atoms with E-state index in [1.54, 1.807) is 0 Å². The highest BCUT2D eigenvalue weighted by Gasteiger charge is 2.56. The Kier molecular flexibility index (Phi) is 2.39. The van der Waals surface area contributed by atoms with Crippen LogP contribution >= 0.6 is 0 Å². The summed E-state index contributed by atoms with van der Waals surface area (Å²) in [4.78, 5) is 9.61. The average molecular weight is 246 g/mol. The van der Waals surface area contributed by atoms with Gasteiger partial charge in [-0.3, -0.25) is 10.1 Å². The predicted molar refractivity (Wildman–Crippen MR) is 53.1 cm³/mol. The Labute approximate surface area is 94.4 Å². The Morgan fingerprint density at radius 2 is 1.94 bits per heavy atom. The van der Waals surface area contributed by atoms with Crippen molar-refractivity contribution in [1.82, 2.24) is 0 Å². The molecule has 1 aromatic rings. The Morgan fingerprint density at radius 3 is 2.41 bits per heavy atom. The molecule has 2 rings (SSSR count). The fourth-order valence-electron chi connectivity index (χ4n) is 2.11. The second-order valence-corrected chi connectivity index (χ2v) is 4.26. The molecule has 0 aliphatic heterocycles. The lowest BCUT2D eigenvalue weighted by molar-refractivity contribution is -0.387. The summed E-state index contributed by atoms with van der Waals surface area (Å²) < 4.78 is 39.3. The fraction of sp³-hybridized carbons (Fsp3) is 0.400. The van der Waals surface area contributed by atoms with Gasteiger partial charge >= 0.3 is 5.69 Å².